The second-order valence-corrected chi connectivity index (χ2v) is 17.8. The van der Waals surface area contributed by atoms with Gasteiger partial charge in [-0.3, -0.25) is 0 Å². The van der Waals surface area contributed by atoms with Crippen molar-refractivity contribution in [1.29, 1.82) is 0 Å². The Morgan fingerprint density at radius 2 is 1.31 bits per heavy atom. The van der Waals surface area contributed by atoms with Crippen LogP contribution in [0.1, 0.15) is 85.0 Å². The van der Waals surface area contributed by atoms with Gasteiger partial charge in [-0.05, 0) is 173 Å². The number of rotatable bonds is 0. The summed E-state index contributed by atoms with van der Waals surface area (Å²) in [4.78, 5) is 0. The van der Waals surface area contributed by atoms with Crippen LogP contribution in [0.5, 0.6) is 0 Å². The van der Waals surface area contributed by atoms with E-state index >= 15 is 0 Å². The molecule has 19 aliphatic carbocycles. The maximum Gasteiger partial charge on any atom is -0.00771 e. The molecule has 19 rings (SSSR count). The summed E-state index contributed by atoms with van der Waals surface area (Å²) in [6.45, 7) is 9.05. The first-order valence-corrected chi connectivity index (χ1v) is 15.4. The first-order chi connectivity index (χ1) is 15.4. The monoisotopic (exact) mass is 424 g/mol. The lowest BCUT2D eigenvalue weighted by Gasteiger charge is -2.83. The zero-order chi connectivity index (χ0) is 20.4. The van der Waals surface area contributed by atoms with Crippen LogP contribution in [0.15, 0.2) is 0 Å². The van der Waals surface area contributed by atoms with Gasteiger partial charge in [0, 0.05) is 0 Å². The highest BCUT2D eigenvalue weighted by Gasteiger charge is 3.11. The molecule has 168 valence electrons. The molecule has 6 spiro atoms. The van der Waals surface area contributed by atoms with Crippen LogP contribution >= 0.6 is 0 Å². The molecule has 0 nitrogen and oxygen atoms in total. The van der Waals surface area contributed by atoms with Crippen molar-refractivity contribution >= 4 is 0 Å². The van der Waals surface area contributed by atoms with E-state index in [0.29, 0.717) is 10.8 Å². The van der Waals surface area contributed by atoms with Gasteiger partial charge in [0.05, 0.1) is 0 Å². The van der Waals surface area contributed by atoms with Crippen LogP contribution in [-0.2, 0) is 0 Å². The molecule has 0 N–H and O–H groups in total. The van der Waals surface area contributed by atoms with Gasteiger partial charge in [0.15, 0.2) is 0 Å². The van der Waals surface area contributed by atoms with Crippen LogP contribution < -0.4 is 0 Å². The van der Waals surface area contributed by atoms with Crippen molar-refractivity contribution in [2.75, 3.05) is 0 Å². The van der Waals surface area contributed by atoms with Crippen molar-refractivity contribution in [2.24, 2.45) is 108 Å². The minimum atomic E-state index is 0.702. The van der Waals surface area contributed by atoms with E-state index in [1.54, 1.807) is 64.2 Å². The van der Waals surface area contributed by atoms with Crippen molar-refractivity contribution < 1.29 is 0 Å². The van der Waals surface area contributed by atoms with Gasteiger partial charge < -0.3 is 0 Å². The molecule has 0 aromatic carbocycles. The Hall–Kier alpha value is 0. The Labute approximate surface area is 193 Å². The summed E-state index contributed by atoms with van der Waals surface area (Å²) in [5, 5.41) is 0. The summed E-state index contributed by atoms with van der Waals surface area (Å²) in [7, 11) is 0. The Morgan fingerprint density at radius 3 is 2.12 bits per heavy atom. The van der Waals surface area contributed by atoms with Crippen molar-refractivity contribution in [3.63, 3.8) is 0 Å². The standard InChI is InChI=1S/C32H40/c1-14-31-11-16-5-7-28-13-30(31)18(16)9-20(30)22-21-19-8-17-15-4-6-27(23(22)24(21)28)12-29(17,19)25(2,10-15)26(27,3)32(14,28)31/h14-24H,4-13H2,1-3H3/t14-,15+,16?,17?,18?,19?,20?,21?,22?,23?,24?,25-,26?,27?,28?,29?,30?,31+,32?/m1/s1. The largest absolute Gasteiger partial charge is 0.0613 e. The van der Waals surface area contributed by atoms with Crippen molar-refractivity contribution in [3.8, 4) is 0 Å². The topological polar surface area (TPSA) is 0 Å². The molecular formula is C32H40. The minimum absolute atomic E-state index is 0.702. The first-order valence-electron chi connectivity index (χ1n) is 15.4. The molecular weight excluding hydrogens is 384 g/mol. The molecule has 19 atom stereocenters. The van der Waals surface area contributed by atoms with Crippen LogP contribution in [0.3, 0.4) is 0 Å². The summed E-state index contributed by atoms with van der Waals surface area (Å²) in [6, 6.07) is 0. The fraction of sp³-hybridized carbons (Fsp3) is 1.00. The van der Waals surface area contributed by atoms with Gasteiger partial charge in [-0.1, -0.05) is 20.8 Å². The predicted octanol–water partition coefficient (Wildman–Crippen LogP) is 6.79. The van der Waals surface area contributed by atoms with Gasteiger partial charge in [0.25, 0.3) is 0 Å². The fourth-order valence-electron chi connectivity index (χ4n) is 21.9. The van der Waals surface area contributed by atoms with E-state index in [2.05, 4.69) is 20.8 Å². The van der Waals surface area contributed by atoms with Gasteiger partial charge in [-0.2, -0.15) is 0 Å². The number of fused-ring (bicyclic) bond motifs is 2. The third-order valence-electron chi connectivity index (χ3n) is 20.6. The molecule has 0 aliphatic heterocycles. The molecule has 0 radical (unpaired) electrons. The molecule has 0 saturated heterocycles. The summed E-state index contributed by atoms with van der Waals surface area (Å²) in [5.74, 6) is 13.1. The Balaban J connectivity index is 1.31. The second-order valence-electron chi connectivity index (χ2n) is 17.8. The first kappa shape index (κ1) is 15.9. The molecule has 19 fully saturated rings. The molecule has 15 unspecified atom stereocenters. The highest BCUT2D eigenvalue weighted by molar-refractivity contribution is 5.58. The number of hydrogen-bond acceptors (Lipinski definition) is 0. The second kappa shape index (κ2) is 3.37. The quantitative estimate of drug-likeness (QED) is 0.401. The van der Waals surface area contributed by atoms with Gasteiger partial charge in [0.1, 0.15) is 0 Å². The normalized spacial score (nSPS) is 92.9. The third kappa shape index (κ3) is 0.753. The van der Waals surface area contributed by atoms with Gasteiger partial charge in [-0.25, -0.2) is 0 Å². The van der Waals surface area contributed by atoms with Gasteiger partial charge in [0.2, 0.25) is 0 Å². The summed E-state index contributed by atoms with van der Waals surface area (Å²) >= 11 is 0. The van der Waals surface area contributed by atoms with Crippen molar-refractivity contribution in [2.45, 2.75) is 85.0 Å². The molecule has 0 amide bonds. The average Bonchev–Trinajstić information content (AvgIpc) is 3.19. The van der Waals surface area contributed by atoms with Crippen molar-refractivity contribution in [3.05, 3.63) is 0 Å². The number of hydrogen-bond donors (Lipinski definition) is 0. The van der Waals surface area contributed by atoms with Crippen LogP contribution in [0.2, 0.25) is 0 Å². The van der Waals surface area contributed by atoms with E-state index in [1.807, 2.05) is 0 Å². The van der Waals surface area contributed by atoms with Crippen LogP contribution in [-0.4, -0.2) is 0 Å². The summed E-state index contributed by atoms with van der Waals surface area (Å²) < 4.78 is 0. The van der Waals surface area contributed by atoms with Crippen LogP contribution in [0, 0.1) is 108 Å². The molecule has 0 aromatic heterocycles. The summed E-state index contributed by atoms with van der Waals surface area (Å²) in [5.41, 5.74) is 6.37. The van der Waals surface area contributed by atoms with E-state index < -0.39 is 0 Å². The molecule has 19 aliphatic rings. The smallest absolute Gasteiger partial charge is 0.00771 e. The van der Waals surface area contributed by atoms with E-state index in [0.717, 1.165) is 44.3 Å². The van der Waals surface area contributed by atoms with Gasteiger partial charge in [-0.15, -0.1) is 0 Å². The van der Waals surface area contributed by atoms with E-state index in [1.165, 1.54) is 53.3 Å². The van der Waals surface area contributed by atoms with E-state index in [-0.39, 0.29) is 0 Å². The Kier molecular flexibility index (Phi) is 1.67. The highest BCUT2D eigenvalue weighted by Crippen LogP contribution is 3.16. The molecule has 0 heteroatoms. The lowest BCUT2D eigenvalue weighted by Crippen LogP contribution is -2.79. The molecule has 19 saturated carbocycles. The lowest BCUT2D eigenvalue weighted by molar-refractivity contribution is -0.367. The maximum atomic E-state index is 3.11. The molecule has 0 heterocycles. The Bertz CT molecular complexity index is 1130. The zero-order valence-electron chi connectivity index (χ0n) is 20.4. The fourth-order valence-corrected chi connectivity index (χ4v) is 21.9. The van der Waals surface area contributed by atoms with E-state index in [4.69, 9.17) is 0 Å². The molecule has 14 bridgehead atoms. The maximum absolute atomic E-state index is 3.11. The Morgan fingerprint density at radius 1 is 0.688 bits per heavy atom. The third-order valence-corrected chi connectivity index (χ3v) is 20.6. The summed E-state index contributed by atoms with van der Waals surface area (Å²) in [6.07, 6.45) is 17.2. The predicted molar refractivity (Wildman–Crippen MR) is 121 cm³/mol. The minimum Gasteiger partial charge on any atom is -0.0613 e. The highest BCUT2D eigenvalue weighted by atomic mass is 15.1. The van der Waals surface area contributed by atoms with Crippen LogP contribution in [0.4, 0.5) is 0 Å². The van der Waals surface area contributed by atoms with Gasteiger partial charge >= 0.3 is 0 Å². The molecule has 0 aromatic rings. The van der Waals surface area contributed by atoms with Crippen LogP contribution in [0.25, 0.3) is 0 Å². The average molecular weight is 425 g/mol. The SMILES string of the molecule is C[C@H]1C23C45CCC6C[C@@]12C1(C4)C6CC1C1C2C5C1C14CC[C@H]5C[C@@](C)(C6(C1)C2CC56)C43C. The lowest BCUT2D eigenvalue weighted by atomic mass is 9.21. The van der Waals surface area contributed by atoms with E-state index in [9.17, 15) is 0 Å². The molecule has 32 heavy (non-hydrogen) atoms. The van der Waals surface area contributed by atoms with Crippen molar-refractivity contribution in [1.82, 2.24) is 0 Å². The zero-order valence-corrected chi connectivity index (χ0v) is 20.4.